The van der Waals surface area contributed by atoms with Crippen LogP contribution < -0.4 is 5.32 Å². The number of nitrogens with zero attached hydrogens (tertiary/aromatic N) is 1. The summed E-state index contributed by atoms with van der Waals surface area (Å²) >= 11 is 1.60. The molecular formula is C25H34N2O2S. The van der Waals surface area contributed by atoms with Crippen molar-refractivity contribution >= 4 is 23.6 Å². The smallest absolute Gasteiger partial charge is 0.242 e. The maximum absolute atomic E-state index is 13.2. The molecule has 2 aromatic carbocycles. The summed E-state index contributed by atoms with van der Waals surface area (Å²) in [6.07, 6.45) is 1.47. The van der Waals surface area contributed by atoms with Gasteiger partial charge in [0, 0.05) is 18.8 Å². The Labute approximate surface area is 185 Å². The van der Waals surface area contributed by atoms with Crippen molar-refractivity contribution in [1.82, 2.24) is 10.2 Å². The number of hydrogen-bond acceptors (Lipinski definition) is 3. The highest BCUT2D eigenvalue weighted by molar-refractivity contribution is 7.99. The lowest BCUT2D eigenvalue weighted by Gasteiger charge is -2.31. The van der Waals surface area contributed by atoms with Crippen molar-refractivity contribution in [2.75, 3.05) is 12.3 Å². The first-order chi connectivity index (χ1) is 14.5. The topological polar surface area (TPSA) is 49.4 Å². The third-order valence-corrected chi connectivity index (χ3v) is 6.10. The van der Waals surface area contributed by atoms with Gasteiger partial charge >= 0.3 is 0 Å². The molecule has 0 saturated heterocycles. The normalized spacial score (nSPS) is 11.7. The van der Waals surface area contributed by atoms with Crippen LogP contribution >= 0.6 is 11.8 Å². The lowest BCUT2D eigenvalue weighted by atomic mass is 10.1. The van der Waals surface area contributed by atoms with E-state index in [2.05, 4.69) is 30.4 Å². The molecule has 1 atom stereocenters. The van der Waals surface area contributed by atoms with Gasteiger partial charge in [-0.15, -0.1) is 11.8 Å². The van der Waals surface area contributed by atoms with Crippen molar-refractivity contribution in [3.63, 3.8) is 0 Å². The third-order valence-electron chi connectivity index (χ3n) is 5.11. The Morgan fingerprint density at radius 1 is 1.07 bits per heavy atom. The number of rotatable bonds is 11. The third kappa shape index (κ3) is 7.21. The number of nitrogens with one attached hydrogen (secondary N) is 1. The van der Waals surface area contributed by atoms with E-state index in [0.717, 1.165) is 23.3 Å². The maximum Gasteiger partial charge on any atom is 0.242 e. The Balaban J connectivity index is 2.12. The van der Waals surface area contributed by atoms with Gasteiger partial charge < -0.3 is 10.2 Å². The van der Waals surface area contributed by atoms with E-state index in [4.69, 9.17) is 0 Å². The molecule has 5 heteroatoms. The first kappa shape index (κ1) is 24.0. The van der Waals surface area contributed by atoms with Gasteiger partial charge in [0.2, 0.25) is 11.8 Å². The second-order valence-corrected chi connectivity index (χ2v) is 8.63. The molecule has 0 bridgehead atoms. The molecule has 0 aliphatic carbocycles. The van der Waals surface area contributed by atoms with Crippen LogP contribution in [0.15, 0.2) is 48.5 Å². The SMILES string of the molecule is CCCNC(=O)C(CC)N(Cc1ccccc1C)C(=O)CSCc1cccc(C)c1. The fourth-order valence-electron chi connectivity index (χ4n) is 3.40. The summed E-state index contributed by atoms with van der Waals surface area (Å²) in [4.78, 5) is 27.8. The summed E-state index contributed by atoms with van der Waals surface area (Å²) in [5.74, 6) is 1.08. The van der Waals surface area contributed by atoms with Crippen LogP contribution in [0.4, 0.5) is 0 Å². The molecule has 2 amide bonds. The molecule has 162 valence electrons. The molecule has 30 heavy (non-hydrogen) atoms. The predicted octanol–water partition coefficient (Wildman–Crippen LogP) is 4.87. The van der Waals surface area contributed by atoms with Crippen LogP contribution in [-0.4, -0.2) is 35.1 Å². The van der Waals surface area contributed by atoms with Gasteiger partial charge in [-0.25, -0.2) is 0 Å². The maximum atomic E-state index is 13.2. The molecule has 0 fully saturated rings. The first-order valence-corrected chi connectivity index (χ1v) is 11.9. The highest BCUT2D eigenvalue weighted by Crippen LogP contribution is 2.19. The Morgan fingerprint density at radius 3 is 2.50 bits per heavy atom. The molecule has 4 nitrogen and oxygen atoms in total. The zero-order valence-electron chi connectivity index (χ0n) is 18.6. The molecular weight excluding hydrogens is 392 g/mol. The minimum atomic E-state index is -0.455. The molecule has 0 aliphatic rings. The zero-order valence-corrected chi connectivity index (χ0v) is 19.4. The molecule has 2 rings (SSSR count). The molecule has 1 unspecified atom stereocenters. The minimum absolute atomic E-state index is 0.00871. The fraction of sp³-hybridized carbons (Fsp3) is 0.440. The van der Waals surface area contributed by atoms with Gasteiger partial charge in [-0.2, -0.15) is 0 Å². The Hall–Kier alpha value is -2.27. The fourth-order valence-corrected chi connectivity index (χ4v) is 4.26. The Kier molecular flexibility index (Phi) is 9.95. The highest BCUT2D eigenvalue weighted by Gasteiger charge is 2.28. The lowest BCUT2D eigenvalue weighted by molar-refractivity contribution is -0.139. The van der Waals surface area contributed by atoms with Crippen LogP contribution in [0.25, 0.3) is 0 Å². The second-order valence-electron chi connectivity index (χ2n) is 7.65. The van der Waals surface area contributed by atoms with E-state index >= 15 is 0 Å². The number of benzene rings is 2. The first-order valence-electron chi connectivity index (χ1n) is 10.7. The van der Waals surface area contributed by atoms with Crippen molar-refractivity contribution in [3.05, 3.63) is 70.8 Å². The Bertz CT molecular complexity index is 837. The lowest BCUT2D eigenvalue weighted by Crippen LogP contribution is -2.49. The molecule has 0 radical (unpaired) electrons. The summed E-state index contributed by atoms with van der Waals surface area (Å²) in [7, 11) is 0. The average Bonchev–Trinajstić information content (AvgIpc) is 2.73. The number of aryl methyl sites for hydroxylation is 2. The van der Waals surface area contributed by atoms with Crippen LogP contribution in [0, 0.1) is 13.8 Å². The highest BCUT2D eigenvalue weighted by atomic mass is 32.2. The molecule has 0 aromatic heterocycles. The monoisotopic (exact) mass is 426 g/mol. The van der Waals surface area contributed by atoms with Gasteiger partial charge in [-0.1, -0.05) is 67.9 Å². The van der Waals surface area contributed by atoms with Crippen LogP contribution in [0.1, 0.15) is 48.9 Å². The summed E-state index contributed by atoms with van der Waals surface area (Å²) in [6.45, 7) is 9.19. The van der Waals surface area contributed by atoms with E-state index in [-0.39, 0.29) is 11.8 Å². The van der Waals surface area contributed by atoms with Crippen molar-refractivity contribution in [2.45, 2.75) is 58.9 Å². The van der Waals surface area contributed by atoms with E-state index < -0.39 is 6.04 Å². The molecule has 0 heterocycles. The minimum Gasteiger partial charge on any atom is -0.354 e. The van der Waals surface area contributed by atoms with Crippen molar-refractivity contribution in [2.24, 2.45) is 0 Å². The molecule has 2 aromatic rings. The van der Waals surface area contributed by atoms with Crippen molar-refractivity contribution < 1.29 is 9.59 Å². The molecule has 0 aliphatic heterocycles. The summed E-state index contributed by atoms with van der Waals surface area (Å²) in [5, 5.41) is 2.97. The van der Waals surface area contributed by atoms with Gasteiger partial charge in [-0.3, -0.25) is 9.59 Å². The zero-order chi connectivity index (χ0) is 21.9. The van der Waals surface area contributed by atoms with Gasteiger partial charge in [0.05, 0.1) is 5.75 Å². The van der Waals surface area contributed by atoms with E-state index in [1.165, 1.54) is 11.1 Å². The number of hydrogen-bond donors (Lipinski definition) is 1. The van der Waals surface area contributed by atoms with E-state index in [0.29, 0.717) is 25.3 Å². The largest absolute Gasteiger partial charge is 0.354 e. The van der Waals surface area contributed by atoms with E-state index in [1.54, 1.807) is 16.7 Å². The van der Waals surface area contributed by atoms with Crippen LogP contribution in [-0.2, 0) is 21.9 Å². The van der Waals surface area contributed by atoms with Crippen LogP contribution in [0.5, 0.6) is 0 Å². The van der Waals surface area contributed by atoms with Crippen LogP contribution in [0.2, 0.25) is 0 Å². The number of carbonyl (C=O) groups excluding carboxylic acids is 2. The molecule has 0 spiro atoms. The van der Waals surface area contributed by atoms with Gasteiger partial charge in [0.1, 0.15) is 6.04 Å². The Morgan fingerprint density at radius 2 is 1.83 bits per heavy atom. The molecule has 0 saturated carbocycles. The van der Waals surface area contributed by atoms with Gasteiger partial charge in [0.15, 0.2) is 0 Å². The predicted molar refractivity (Wildman–Crippen MR) is 126 cm³/mol. The molecule has 1 N–H and O–H groups in total. The van der Waals surface area contributed by atoms with Crippen molar-refractivity contribution in [1.29, 1.82) is 0 Å². The van der Waals surface area contributed by atoms with Crippen molar-refractivity contribution in [3.8, 4) is 0 Å². The standard InChI is InChI=1S/C25H34N2O2S/c1-5-14-26-25(29)23(6-2)27(16-22-13-8-7-11-20(22)4)24(28)18-30-17-21-12-9-10-19(3)15-21/h7-13,15,23H,5-6,14,16-18H2,1-4H3,(H,26,29). The van der Waals surface area contributed by atoms with Gasteiger partial charge in [-0.05, 0) is 43.4 Å². The number of amides is 2. The van der Waals surface area contributed by atoms with Gasteiger partial charge in [0.25, 0.3) is 0 Å². The summed E-state index contributed by atoms with van der Waals surface area (Å²) in [5.41, 5.74) is 4.65. The van der Waals surface area contributed by atoms with E-state index in [9.17, 15) is 9.59 Å². The quantitative estimate of drug-likeness (QED) is 0.558. The summed E-state index contributed by atoms with van der Waals surface area (Å²) in [6, 6.07) is 16.0. The summed E-state index contributed by atoms with van der Waals surface area (Å²) < 4.78 is 0. The average molecular weight is 427 g/mol. The number of carbonyl (C=O) groups is 2. The van der Waals surface area contributed by atoms with E-state index in [1.807, 2.05) is 51.1 Å². The number of thioether (sulfide) groups is 1. The van der Waals surface area contributed by atoms with Crippen LogP contribution in [0.3, 0.4) is 0 Å². The second kappa shape index (κ2) is 12.4.